The lowest BCUT2D eigenvalue weighted by atomic mass is 10.2. The molecule has 0 saturated heterocycles. The molecule has 2 unspecified atom stereocenters. The number of hydrogen-bond donors (Lipinski definition) is 2. The molecule has 0 aromatic rings. The van der Waals surface area contributed by atoms with Gasteiger partial charge in [0.15, 0.2) is 0 Å². The summed E-state index contributed by atoms with van der Waals surface area (Å²) in [5.74, 6) is 0.907. The molecule has 2 N–H and O–H groups in total. The molecule has 1 amide bonds. The van der Waals surface area contributed by atoms with E-state index in [9.17, 15) is 4.79 Å². The van der Waals surface area contributed by atoms with E-state index in [1.165, 1.54) is 19.3 Å². The highest BCUT2D eigenvalue weighted by Gasteiger charge is 2.35. The van der Waals surface area contributed by atoms with E-state index in [4.69, 9.17) is 4.74 Å². The fraction of sp³-hybridized carbons (Fsp3) is 0.917. The molecule has 16 heavy (non-hydrogen) atoms. The van der Waals surface area contributed by atoms with Crippen LogP contribution in [0, 0.1) is 5.92 Å². The summed E-state index contributed by atoms with van der Waals surface area (Å²) in [7, 11) is 1.67. The Balaban J connectivity index is 1.91. The summed E-state index contributed by atoms with van der Waals surface area (Å²) in [4.78, 5) is 11.4. The minimum Gasteiger partial charge on any atom is -0.385 e. The molecule has 0 aromatic heterocycles. The van der Waals surface area contributed by atoms with Crippen LogP contribution in [0.15, 0.2) is 0 Å². The molecule has 4 nitrogen and oxygen atoms in total. The van der Waals surface area contributed by atoms with E-state index in [-0.39, 0.29) is 5.91 Å². The van der Waals surface area contributed by atoms with Crippen LogP contribution in [0.1, 0.15) is 32.6 Å². The summed E-state index contributed by atoms with van der Waals surface area (Å²) in [6.07, 6.45) is 4.65. The van der Waals surface area contributed by atoms with Gasteiger partial charge >= 0.3 is 0 Å². The van der Waals surface area contributed by atoms with Gasteiger partial charge in [0.1, 0.15) is 0 Å². The molecule has 0 aliphatic heterocycles. The third-order valence-electron chi connectivity index (χ3n) is 2.95. The molecule has 1 fully saturated rings. The van der Waals surface area contributed by atoms with Crippen molar-refractivity contribution in [3.05, 3.63) is 0 Å². The SMILES string of the molecule is CCCC1CC1NCC(=O)NCCCOC. The highest BCUT2D eigenvalue weighted by molar-refractivity contribution is 5.78. The molecule has 1 aliphatic carbocycles. The first-order valence-corrected chi connectivity index (χ1v) is 6.27. The Morgan fingerprint density at radius 3 is 3.00 bits per heavy atom. The number of methoxy groups -OCH3 is 1. The van der Waals surface area contributed by atoms with Crippen molar-refractivity contribution < 1.29 is 9.53 Å². The largest absolute Gasteiger partial charge is 0.385 e. The maximum absolute atomic E-state index is 11.4. The van der Waals surface area contributed by atoms with Crippen LogP contribution in [-0.4, -0.2) is 38.8 Å². The van der Waals surface area contributed by atoms with Crippen molar-refractivity contribution in [3.8, 4) is 0 Å². The number of ether oxygens (including phenoxy) is 1. The van der Waals surface area contributed by atoms with Crippen molar-refractivity contribution in [1.29, 1.82) is 0 Å². The van der Waals surface area contributed by atoms with Crippen LogP contribution in [0.3, 0.4) is 0 Å². The van der Waals surface area contributed by atoms with Crippen LogP contribution >= 0.6 is 0 Å². The quantitative estimate of drug-likeness (QED) is 0.577. The fourth-order valence-electron chi connectivity index (χ4n) is 1.92. The van der Waals surface area contributed by atoms with E-state index in [0.717, 1.165) is 12.3 Å². The van der Waals surface area contributed by atoms with Gasteiger partial charge in [-0.15, -0.1) is 0 Å². The van der Waals surface area contributed by atoms with Gasteiger partial charge in [0.2, 0.25) is 5.91 Å². The molecule has 94 valence electrons. The Morgan fingerprint density at radius 2 is 2.31 bits per heavy atom. The fourth-order valence-corrected chi connectivity index (χ4v) is 1.92. The van der Waals surface area contributed by atoms with Crippen LogP contribution in [-0.2, 0) is 9.53 Å². The molecule has 1 saturated carbocycles. The number of hydrogen-bond acceptors (Lipinski definition) is 3. The molecule has 4 heteroatoms. The van der Waals surface area contributed by atoms with E-state index in [1.54, 1.807) is 7.11 Å². The standard InChI is InChI=1S/C12H24N2O2/c1-3-5-10-8-11(10)14-9-12(15)13-6-4-7-16-2/h10-11,14H,3-9H2,1-2H3,(H,13,15). The number of amides is 1. The van der Waals surface area contributed by atoms with E-state index in [0.29, 0.717) is 25.7 Å². The van der Waals surface area contributed by atoms with E-state index < -0.39 is 0 Å². The van der Waals surface area contributed by atoms with Gasteiger partial charge in [0.05, 0.1) is 6.54 Å². The highest BCUT2D eigenvalue weighted by Crippen LogP contribution is 2.34. The molecule has 1 aliphatic rings. The highest BCUT2D eigenvalue weighted by atomic mass is 16.5. The number of rotatable bonds is 9. The van der Waals surface area contributed by atoms with Crippen molar-refractivity contribution in [1.82, 2.24) is 10.6 Å². The predicted molar refractivity (Wildman–Crippen MR) is 64.3 cm³/mol. The maximum Gasteiger partial charge on any atom is 0.233 e. The topological polar surface area (TPSA) is 50.4 Å². The number of carbonyl (C=O) groups is 1. The lowest BCUT2D eigenvalue weighted by Crippen LogP contribution is -2.36. The number of carbonyl (C=O) groups excluding carboxylic acids is 1. The van der Waals surface area contributed by atoms with Crippen LogP contribution in [0.4, 0.5) is 0 Å². The second-order valence-corrected chi connectivity index (χ2v) is 4.47. The first-order valence-electron chi connectivity index (χ1n) is 6.27. The van der Waals surface area contributed by atoms with Crippen LogP contribution in [0.25, 0.3) is 0 Å². The van der Waals surface area contributed by atoms with Gasteiger partial charge in [-0.25, -0.2) is 0 Å². The Morgan fingerprint density at radius 1 is 1.50 bits per heavy atom. The Kier molecular flexibility index (Phi) is 6.42. The molecular formula is C12H24N2O2. The Bertz CT molecular complexity index is 209. The normalized spacial score (nSPS) is 23.1. The predicted octanol–water partition coefficient (Wildman–Crippen LogP) is 0.917. The first-order chi connectivity index (χ1) is 7.77. The zero-order chi connectivity index (χ0) is 11.8. The Hall–Kier alpha value is -0.610. The number of nitrogens with one attached hydrogen (secondary N) is 2. The van der Waals surface area contributed by atoms with Crippen molar-refractivity contribution in [3.63, 3.8) is 0 Å². The smallest absolute Gasteiger partial charge is 0.233 e. The third kappa shape index (κ3) is 5.47. The third-order valence-corrected chi connectivity index (χ3v) is 2.95. The monoisotopic (exact) mass is 228 g/mol. The average Bonchev–Trinajstić information content (AvgIpc) is 3.01. The van der Waals surface area contributed by atoms with Gasteiger partial charge in [-0.05, 0) is 25.2 Å². The molecule has 0 radical (unpaired) electrons. The molecule has 2 atom stereocenters. The maximum atomic E-state index is 11.4. The van der Waals surface area contributed by atoms with Crippen LogP contribution in [0.2, 0.25) is 0 Å². The van der Waals surface area contributed by atoms with Gasteiger partial charge in [0.25, 0.3) is 0 Å². The van der Waals surface area contributed by atoms with Gasteiger partial charge in [-0.3, -0.25) is 4.79 Å². The second kappa shape index (κ2) is 7.63. The molecular weight excluding hydrogens is 204 g/mol. The van der Waals surface area contributed by atoms with Crippen molar-refractivity contribution in [2.24, 2.45) is 5.92 Å². The summed E-state index contributed by atoms with van der Waals surface area (Å²) in [6, 6.07) is 0.588. The molecule has 0 aromatic carbocycles. The summed E-state index contributed by atoms with van der Waals surface area (Å²) < 4.78 is 4.91. The molecule has 0 heterocycles. The minimum absolute atomic E-state index is 0.0956. The van der Waals surface area contributed by atoms with Crippen molar-refractivity contribution >= 4 is 5.91 Å². The lowest BCUT2D eigenvalue weighted by molar-refractivity contribution is -0.120. The van der Waals surface area contributed by atoms with Gasteiger partial charge in [0, 0.05) is 26.3 Å². The molecule has 0 spiro atoms. The summed E-state index contributed by atoms with van der Waals surface area (Å²) in [5.41, 5.74) is 0. The van der Waals surface area contributed by atoms with Gasteiger partial charge in [-0.1, -0.05) is 13.3 Å². The van der Waals surface area contributed by atoms with Crippen LogP contribution < -0.4 is 10.6 Å². The molecule has 1 rings (SSSR count). The zero-order valence-corrected chi connectivity index (χ0v) is 10.4. The summed E-state index contributed by atoms with van der Waals surface area (Å²) in [6.45, 7) is 4.07. The minimum atomic E-state index is 0.0956. The first kappa shape index (κ1) is 13.5. The Labute approximate surface area is 98.1 Å². The lowest BCUT2D eigenvalue weighted by Gasteiger charge is -2.06. The summed E-state index contributed by atoms with van der Waals surface area (Å²) in [5, 5.41) is 6.15. The van der Waals surface area contributed by atoms with Gasteiger partial charge in [-0.2, -0.15) is 0 Å². The van der Waals surface area contributed by atoms with Gasteiger partial charge < -0.3 is 15.4 Å². The van der Waals surface area contributed by atoms with E-state index >= 15 is 0 Å². The molecule has 0 bridgehead atoms. The van der Waals surface area contributed by atoms with Crippen molar-refractivity contribution in [2.75, 3.05) is 26.8 Å². The van der Waals surface area contributed by atoms with Crippen molar-refractivity contribution in [2.45, 2.75) is 38.6 Å². The average molecular weight is 228 g/mol. The van der Waals surface area contributed by atoms with Crippen LogP contribution in [0.5, 0.6) is 0 Å². The second-order valence-electron chi connectivity index (χ2n) is 4.47. The zero-order valence-electron chi connectivity index (χ0n) is 10.4. The van der Waals surface area contributed by atoms with E-state index in [2.05, 4.69) is 17.6 Å². The summed E-state index contributed by atoms with van der Waals surface area (Å²) >= 11 is 0. The van der Waals surface area contributed by atoms with E-state index in [1.807, 2.05) is 0 Å².